The molecule has 2 nitrogen and oxygen atoms in total. The Bertz CT molecular complexity index is 2470. The molecule has 9 aromatic rings. The van der Waals surface area contributed by atoms with Crippen molar-refractivity contribution < 1.29 is 4.42 Å². The predicted octanol–water partition coefficient (Wildman–Crippen LogP) is 12.8. The molecule has 0 N–H and O–H groups in total. The van der Waals surface area contributed by atoms with E-state index in [0.717, 1.165) is 50.1 Å². The highest BCUT2D eigenvalue weighted by Gasteiger charge is 2.21. The van der Waals surface area contributed by atoms with Gasteiger partial charge in [0.2, 0.25) is 0 Å². The van der Waals surface area contributed by atoms with E-state index in [0.29, 0.717) is 0 Å². The second-order valence-electron chi connectivity index (χ2n) is 11.4. The van der Waals surface area contributed by atoms with Crippen molar-refractivity contribution >= 4 is 70.5 Å². The van der Waals surface area contributed by atoms with Crippen molar-refractivity contribution in [1.82, 2.24) is 0 Å². The smallest absolute Gasteiger partial charge is 0.137 e. The lowest BCUT2D eigenvalue weighted by Crippen LogP contribution is -2.11. The average Bonchev–Trinajstić information content (AvgIpc) is 3.67. The molecule has 0 aliphatic heterocycles. The molecule has 0 unspecified atom stereocenters. The zero-order valence-electron chi connectivity index (χ0n) is 24.4. The van der Waals surface area contributed by atoms with E-state index in [2.05, 4.69) is 157 Å². The van der Waals surface area contributed by atoms with Gasteiger partial charge in [-0.25, -0.2) is 0 Å². The van der Waals surface area contributed by atoms with Crippen molar-refractivity contribution in [3.05, 3.63) is 164 Å². The third-order valence-corrected chi connectivity index (χ3v) is 9.82. The fourth-order valence-corrected chi connectivity index (χ4v) is 7.59. The number of fused-ring (bicyclic) bond motifs is 6. The summed E-state index contributed by atoms with van der Waals surface area (Å²) in [5.41, 5.74) is 9.73. The van der Waals surface area contributed by atoms with Crippen LogP contribution in [-0.2, 0) is 0 Å². The Morgan fingerprint density at radius 3 is 1.82 bits per heavy atom. The van der Waals surface area contributed by atoms with Crippen LogP contribution in [-0.4, -0.2) is 0 Å². The minimum Gasteiger partial charge on any atom is -0.456 e. The van der Waals surface area contributed by atoms with Gasteiger partial charge in [-0.1, -0.05) is 109 Å². The van der Waals surface area contributed by atoms with E-state index in [-0.39, 0.29) is 0 Å². The lowest BCUT2D eigenvalue weighted by Gasteiger charge is -2.28. The summed E-state index contributed by atoms with van der Waals surface area (Å²) in [6.45, 7) is 0. The molecule has 0 atom stereocenters. The van der Waals surface area contributed by atoms with E-state index in [4.69, 9.17) is 4.42 Å². The van der Waals surface area contributed by atoms with E-state index in [1.54, 1.807) is 0 Å². The molecular weight excluding hydrogens is 567 g/mol. The Morgan fingerprint density at radius 1 is 0.400 bits per heavy atom. The number of anilines is 3. The fraction of sp³-hybridized carbons (Fsp3) is 0. The summed E-state index contributed by atoms with van der Waals surface area (Å²) in [6.07, 6.45) is 0. The lowest BCUT2D eigenvalue weighted by molar-refractivity contribution is 0.669. The largest absolute Gasteiger partial charge is 0.456 e. The van der Waals surface area contributed by atoms with Gasteiger partial charge >= 0.3 is 0 Å². The summed E-state index contributed by atoms with van der Waals surface area (Å²) in [5, 5.41) is 4.80. The predicted molar refractivity (Wildman–Crippen MR) is 192 cm³/mol. The maximum atomic E-state index is 6.47. The Hall–Kier alpha value is -5.64. The Labute approximate surface area is 265 Å². The van der Waals surface area contributed by atoms with Gasteiger partial charge in [0.05, 0.1) is 5.69 Å². The molecule has 0 aliphatic rings. The molecule has 0 spiro atoms. The van der Waals surface area contributed by atoms with Gasteiger partial charge in [0.15, 0.2) is 0 Å². The van der Waals surface area contributed by atoms with E-state index >= 15 is 0 Å². The molecule has 45 heavy (non-hydrogen) atoms. The Balaban J connectivity index is 1.32. The number of rotatable bonds is 5. The van der Waals surface area contributed by atoms with Gasteiger partial charge in [0, 0.05) is 53.9 Å². The van der Waals surface area contributed by atoms with Crippen molar-refractivity contribution in [1.29, 1.82) is 0 Å². The van der Waals surface area contributed by atoms with Crippen molar-refractivity contribution in [2.45, 2.75) is 0 Å². The van der Waals surface area contributed by atoms with Crippen LogP contribution in [0.2, 0.25) is 0 Å². The topological polar surface area (TPSA) is 16.4 Å². The number of benzene rings is 7. The molecular formula is C42H27NOS. The summed E-state index contributed by atoms with van der Waals surface area (Å²) < 4.78 is 9.06. The number of hydrogen-bond donors (Lipinski definition) is 0. The highest BCUT2D eigenvalue weighted by molar-refractivity contribution is 7.25. The van der Waals surface area contributed by atoms with Crippen LogP contribution in [0.1, 0.15) is 0 Å². The third kappa shape index (κ3) is 4.40. The monoisotopic (exact) mass is 593 g/mol. The first-order valence-corrected chi connectivity index (χ1v) is 16.0. The van der Waals surface area contributed by atoms with Gasteiger partial charge in [-0.05, 0) is 65.2 Å². The van der Waals surface area contributed by atoms with Gasteiger partial charge in [0.25, 0.3) is 0 Å². The van der Waals surface area contributed by atoms with Gasteiger partial charge in [-0.2, -0.15) is 0 Å². The van der Waals surface area contributed by atoms with E-state index in [1.165, 1.54) is 31.3 Å². The maximum Gasteiger partial charge on any atom is 0.137 e. The Kier molecular flexibility index (Phi) is 6.03. The first-order valence-electron chi connectivity index (χ1n) is 15.2. The molecule has 9 rings (SSSR count). The highest BCUT2D eigenvalue weighted by atomic mass is 32.1. The summed E-state index contributed by atoms with van der Waals surface area (Å²) in [6, 6.07) is 58.5. The quantitative estimate of drug-likeness (QED) is 0.197. The molecule has 0 aliphatic carbocycles. The molecule has 0 saturated carbocycles. The zero-order chi connectivity index (χ0) is 29.7. The third-order valence-electron chi connectivity index (χ3n) is 8.67. The van der Waals surface area contributed by atoms with Crippen LogP contribution in [0.4, 0.5) is 17.1 Å². The van der Waals surface area contributed by atoms with Gasteiger partial charge in [0.1, 0.15) is 11.2 Å². The average molecular weight is 594 g/mol. The molecule has 0 amide bonds. The second-order valence-corrected chi connectivity index (χ2v) is 12.4. The molecule has 212 valence electrons. The summed E-state index contributed by atoms with van der Waals surface area (Å²) in [5.74, 6) is 0. The van der Waals surface area contributed by atoms with Crippen LogP contribution in [0.15, 0.2) is 168 Å². The van der Waals surface area contributed by atoms with E-state index in [1.807, 2.05) is 23.5 Å². The van der Waals surface area contributed by atoms with E-state index < -0.39 is 0 Å². The van der Waals surface area contributed by atoms with Crippen LogP contribution < -0.4 is 4.90 Å². The minimum absolute atomic E-state index is 0.874. The number of furan rings is 1. The summed E-state index contributed by atoms with van der Waals surface area (Å²) in [7, 11) is 0. The number of nitrogens with zero attached hydrogens (tertiary/aromatic N) is 1. The first-order chi connectivity index (χ1) is 22.3. The van der Waals surface area contributed by atoms with Crippen LogP contribution >= 0.6 is 11.3 Å². The normalized spacial score (nSPS) is 11.6. The fourth-order valence-electron chi connectivity index (χ4n) is 6.51. The van der Waals surface area contributed by atoms with E-state index in [9.17, 15) is 0 Å². The molecule has 0 radical (unpaired) electrons. The molecule has 0 bridgehead atoms. The van der Waals surface area contributed by atoms with Crippen LogP contribution in [0.5, 0.6) is 0 Å². The van der Waals surface area contributed by atoms with Gasteiger partial charge < -0.3 is 9.32 Å². The molecule has 3 heteroatoms. The second kappa shape index (κ2) is 10.5. The Morgan fingerprint density at radius 2 is 1.02 bits per heavy atom. The van der Waals surface area contributed by atoms with Crippen LogP contribution in [0, 0.1) is 0 Å². The van der Waals surface area contributed by atoms with Crippen LogP contribution in [0.3, 0.4) is 0 Å². The SMILES string of the molecule is c1ccc(-c2ccc(N(c3ccc4sc5ccccc5c4c3)c3cc4oc5ccccc5c4cc3-c3ccccc3)cc2)cc1. The standard InChI is InChI=1S/C42H27NOS/c1-3-11-28(12-4-1)29-19-21-31(22-20-29)43(32-23-24-42-37(25-32)34-16-8-10-18-41(34)45-42)38-27-40-36(33-15-7-9-17-39(33)44-40)26-35(38)30-13-5-2-6-14-30/h1-27H. The van der Waals surface area contributed by atoms with Crippen molar-refractivity contribution in [2.24, 2.45) is 0 Å². The number of thiophene rings is 1. The molecule has 2 aromatic heterocycles. The van der Waals surface area contributed by atoms with Gasteiger partial charge in [-0.3, -0.25) is 0 Å². The number of hydrogen-bond acceptors (Lipinski definition) is 3. The summed E-state index contributed by atoms with van der Waals surface area (Å²) in [4.78, 5) is 2.38. The first kappa shape index (κ1) is 25.8. The van der Waals surface area contributed by atoms with Crippen molar-refractivity contribution in [2.75, 3.05) is 4.90 Å². The minimum atomic E-state index is 0.874. The lowest BCUT2D eigenvalue weighted by atomic mass is 9.98. The van der Waals surface area contributed by atoms with Crippen LogP contribution in [0.25, 0.3) is 64.4 Å². The molecule has 7 aromatic carbocycles. The maximum absolute atomic E-state index is 6.47. The zero-order valence-corrected chi connectivity index (χ0v) is 25.2. The number of para-hydroxylation sites is 1. The van der Waals surface area contributed by atoms with Gasteiger partial charge in [-0.15, -0.1) is 11.3 Å². The highest BCUT2D eigenvalue weighted by Crippen LogP contribution is 2.46. The summed E-state index contributed by atoms with van der Waals surface area (Å²) >= 11 is 1.84. The van der Waals surface area contributed by atoms with Crippen molar-refractivity contribution in [3.63, 3.8) is 0 Å². The molecule has 0 saturated heterocycles. The molecule has 0 fully saturated rings. The molecule has 2 heterocycles. The van der Waals surface area contributed by atoms with Crippen molar-refractivity contribution in [3.8, 4) is 22.3 Å².